The molecule has 0 unspecified atom stereocenters. The number of hydrogen-bond donors (Lipinski definition) is 4. The lowest BCUT2D eigenvalue weighted by Crippen LogP contribution is -2.43. The topological polar surface area (TPSA) is 98.0 Å². The summed E-state index contributed by atoms with van der Waals surface area (Å²) in [6.07, 6.45) is 2.28. The zero-order valence-corrected chi connectivity index (χ0v) is 15.4. The Morgan fingerprint density at radius 2 is 1.52 bits per heavy atom. The van der Waals surface area contributed by atoms with Gasteiger partial charge in [-0.25, -0.2) is 0 Å². The first-order chi connectivity index (χ1) is 11.4. The van der Waals surface area contributed by atoms with Gasteiger partial charge < -0.3 is 20.4 Å². The molecule has 0 aromatic heterocycles. The van der Waals surface area contributed by atoms with Gasteiger partial charge in [-0.15, -0.1) is 0 Å². The van der Waals surface area contributed by atoms with Crippen LogP contribution < -0.4 is 0 Å². The second-order valence-corrected chi connectivity index (χ2v) is 8.49. The van der Waals surface area contributed by atoms with Gasteiger partial charge >= 0.3 is 0 Å². The van der Waals surface area contributed by atoms with Crippen molar-refractivity contribution in [1.29, 1.82) is 0 Å². The van der Waals surface area contributed by atoms with E-state index in [1.807, 2.05) is 20.8 Å². The van der Waals surface area contributed by atoms with Gasteiger partial charge in [-0.1, -0.05) is 41.0 Å². The molecule has 4 N–H and O–H groups in total. The Bertz CT molecular complexity index is 816. The van der Waals surface area contributed by atoms with E-state index in [9.17, 15) is 25.2 Å². The fourth-order valence-electron chi connectivity index (χ4n) is 4.98. The van der Waals surface area contributed by atoms with E-state index in [-0.39, 0.29) is 45.6 Å². The van der Waals surface area contributed by atoms with Crippen molar-refractivity contribution in [2.45, 2.75) is 65.2 Å². The summed E-state index contributed by atoms with van der Waals surface area (Å²) in [5, 5.41) is 42.7. The number of Topliss-reactive ketones (excluding diaryl/α,β-unsaturated/α-hetero) is 1. The highest BCUT2D eigenvalue weighted by atomic mass is 16.3. The summed E-state index contributed by atoms with van der Waals surface area (Å²) < 4.78 is 0. The minimum absolute atomic E-state index is 0.0829. The number of rotatable bonds is 1. The van der Waals surface area contributed by atoms with Gasteiger partial charge in [0.25, 0.3) is 0 Å². The molecule has 0 heterocycles. The monoisotopic (exact) mass is 346 g/mol. The Labute approximate surface area is 147 Å². The number of benzene rings is 1. The number of aliphatic hydroxyl groups is 1. The first-order valence-electron chi connectivity index (χ1n) is 8.75. The predicted molar refractivity (Wildman–Crippen MR) is 94.5 cm³/mol. The van der Waals surface area contributed by atoms with Crippen molar-refractivity contribution in [2.24, 2.45) is 5.41 Å². The van der Waals surface area contributed by atoms with Crippen molar-refractivity contribution in [1.82, 2.24) is 0 Å². The fourth-order valence-corrected chi connectivity index (χ4v) is 4.98. The normalized spacial score (nSPS) is 25.1. The van der Waals surface area contributed by atoms with E-state index in [2.05, 4.69) is 0 Å². The second kappa shape index (κ2) is 5.16. The van der Waals surface area contributed by atoms with Gasteiger partial charge in [0.05, 0.1) is 5.56 Å². The smallest absolute Gasteiger partial charge is 0.231 e. The minimum atomic E-state index is -0.816. The maximum atomic E-state index is 12.9. The molecular weight excluding hydrogens is 320 g/mol. The summed E-state index contributed by atoms with van der Waals surface area (Å²) in [5.74, 6) is -2.42. The summed E-state index contributed by atoms with van der Waals surface area (Å²) in [7, 11) is 0. The Balaban J connectivity index is 2.46. The quantitative estimate of drug-likeness (QED) is 0.446. The van der Waals surface area contributed by atoms with Gasteiger partial charge in [0.2, 0.25) is 5.78 Å². The highest BCUT2D eigenvalue weighted by Crippen LogP contribution is 2.61. The zero-order valence-electron chi connectivity index (χ0n) is 15.4. The number of carbonyl (C=O) groups is 1. The number of aromatic hydroxyl groups is 3. The fraction of sp³-hybridized carbons (Fsp3) is 0.550. The van der Waals surface area contributed by atoms with E-state index < -0.39 is 16.6 Å². The third-order valence-electron chi connectivity index (χ3n) is 5.97. The third kappa shape index (κ3) is 2.11. The zero-order chi connectivity index (χ0) is 18.9. The number of ketones is 1. The number of phenolic OH excluding ortho intramolecular Hbond substituents is 3. The Hall–Kier alpha value is -2.17. The van der Waals surface area contributed by atoms with Crippen LogP contribution in [-0.4, -0.2) is 26.2 Å². The van der Waals surface area contributed by atoms with Crippen molar-refractivity contribution in [3.63, 3.8) is 0 Å². The van der Waals surface area contributed by atoms with Crippen LogP contribution in [0, 0.1) is 5.41 Å². The molecule has 1 fully saturated rings. The molecule has 0 saturated heterocycles. The second-order valence-electron chi connectivity index (χ2n) is 8.49. The molecule has 2 aliphatic rings. The van der Waals surface area contributed by atoms with Gasteiger partial charge in [0.15, 0.2) is 17.3 Å². The lowest BCUT2D eigenvalue weighted by molar-refractivity contribution is 0.0934. The van der Waals surface area contributed by atoms with Crippen LogP contribution in [-0.2, 0) is 5.41 Å². The number of fused-ring (bicyclic) bond motifs is 3. The lowest BCUT2D eigenvalue weighted by Gasteiger charge is -2.49. The van der Waals surface area contributed by atoms with E-state index >= 15 is 0 Å². The molecule has 0 radical (unpaired) electrons. The van der Waals surface area contributed by atoms with Crippen LogP contribution >= 0.6 is 0 Å². The first-order valence-corrected chi connectivity index (χ1v) is 8.75. The first kappa shape index (κ1) is 17.6. The Morgan fingerprint density at radius 1 is 0.920 bits per heavy atom. The predicted octanol–water partition coefficient (Wildman–Crippen LogP) is 4.40. The van der Waals surface area contributed by atoms with E-state index in [0.717, 1.165) is 12.8 Å². The van der Waals surface area contributed by atoms with Crippen LogP contribution in [0.25, 0.3) is 0 Å². The van der Waals surface area contributed by atoms with Gasteiger partial charge in [-0.3, -0.25) is 4.79 Å². The lowest BCUT2D eigenvalue weighted by atomic mass is 9.54. The van der Waals surface area contributed by atoms with Crippen molar-refractivity contribution in [2.75, 3.05) is 0 Å². The number of hydrogen-bond acceptors (Lipinski definition) is 5. The molecule has 136 valence electrons. The van der Waals surface area contributed by atoms with Gasteiger partial charge in [-0.05, 0) is 29.7 Å². The van der Waals surface area contributed by atoms with Crippen molar-refractivity contribution < 1.29 is 25.2 Å². The molecule has 0 amide bonds. The molecule has 1 aromatic carbocycles. The highest BCUT2D eigenvalue weighted by Gasteiger charge is 2.53. The highest BCUT2D eigenvalue weighted by molar-refractivity contribution is 6.13. The van der Waals surface area contributed by atoms with E-state index in [0.29, 0.717) is 12.0 Å². The van der Waals surface area contributed by atoms with Crippen LogP contribution in [0.2, 0.25) is 0 Å². The summed E-state index contributed by atoms with van der Waals surface area (Å²) in [6.45, 7) is 9.29. The maximum Gasteiger partial charge on any atom is 0.231 e. The molecule has 5 nitrogen and oxygen atoms in total. The molecule has 1 atom stereocenters. The van der Waals surface area contributed by atoms with Crippen LogP contribution in [0.5, 0.6) is 17.2 Å². The summed E-state index contributed by atoms with van der Waals surface area (Å²) in [4.78, 5) is 12.9. The Morgan fingerprint density at radius 3 is 2.08 bits per heavy atom. The van der Waals surface area contributed by atoms with Crippen LogP contribution in [0.4, 0.5) is 0 Å². The minimum Gasteiger partial charge on any atom is -0.507 e. The number of carbonyl (C=O) groups excluding carboxylic acids is 1. The number of allylic oxidation sites excluding steroid dienone is 2. The Kier molecular flexibility index (Phi) is 3.64. The molecule has 25 heavy (non-hydrogen) atoms. The van der Waals surface area contributed by atoms with E-state index in [4.69, 9.17) is 0 Å². The summed E-state index contributed by atoms with van der Waals surface area (Å²) in [6, 6.07) is 0. The molecule has 5 heteroatoms. The molecular formula is C20H26O5. The molecule has 2 aliphatic carbocycles. The molecule has 1 saturated carbocycles. The van der Waals surface area contributed by atoms with Crippen molar-refractivity contribution in [3.05, 3.63) is 28.0 Å². The molecule has 1 aromatic rings. The van der Waals surface area contributed by atoms with E-state index in [1.165, 1.54) is 0 Å². The van der Waals surface area contributed by atoms with Gasteiger partial charge in [0, 0.05) is 16.5 Å². The number of phenols is 3. The van der Waals surface area contributed by atoms with Crippen LogP contribution in [0.1, 0.15) is 81.3 Å². The summed E-state index contributed by atoms with van der Waals surface area (Å²) >= 11 is 0. The van der Waals surface area contributed by atoms with Gasteiger partial charge in [-0.2, -0.15) is 0 Å². The number of aliphatic hydroxyl groups excluding tert-OH is 1. The van der Waals surface area contributed by atoms with Crippen molar-refractivity contribution >= 4 is 5.78 Å². The molecule has 3 rings (SSSR count). The largest absolute Gasteiger partial charge is 0.507 e. The van der Waals surface area contributed by atoms with Crippen LogP contribution in [0.15, 0.2) is 11.3 Å². The SMILES string of the molecule is CC(C)c1c(O)c(O)c2c(c1O)C(=O)C(O)=C1C(C)(C)CCC[C@@]12C. The van der Waals surface area contributed by atoms with Crippen LogP contribution in [0.3, 0.4) is 0 Å². The molecule has 0 spiro atoms. The average Bonchev–Trinajstić information content (AvgIpc) is 2.47. The van der Waals surface area contributed by atoms with E-state index in [1.54, 1.807) is 13.8 Å². The third-order valence-corrected chi connectivity index (χ3v) is 5.97. The molecule has 0 bridgehead atoms. The summed E-state index contributed by atoms with van der Waals surface area (Å²) in [5.41, 5.74) is -0.379. The van der Waals surface area contributed by atoms with Crippen molar-refractivity contribution in [3.8, 4) is 17.2 Å². The standard InChI is InChI=1S/C20H26O5/c1-9(2)10-13(21)11-12(16(24)14(10)22)20(5)8-6-7-19(3,4)18(20)17(25)15(11)23/h9,21-22,24-25H,6-8H2,1-5H3/t20-/m1/s1. The molecule has 0 aliphatic heterocycles. The average molecular weight is 346 g/mol. The maximum absolute atomic E-state index is 12.9. The van der Waals surface area contributed by atoms with Gasteiger partial charge in [0.1, 0.15) is 5.75 Å².